The normalized spacial score (nSPS) is 34.2. The summed E-state index contributed by atoms with van der Waals surface area (Å²) in [6.45, 7) is 5.67. The summed E-state index contributed by atoms with van der Waals surface area (Å²) in [5.74, 6) is 2.70. The maximum Gasteiger partial charge on any atom is 0.0757 e. The molecule has 3 fully saturated rings. The second kappa shape index (κ2) is 5.50. The van der Waals surface area contributed by atoms with Gasteiger partial charge in [-0.3, -0.25) is 0 Å². The summed E-state index contributed by atoms with van der Waals surface area (Å²) >= 11 is 0. The monoisotopic (exact) mass is 251 g/mol. The molecule has 3 atom stereocenters. The van der Waals surface area contributed by atoms with Crippen LogP contribution in [0.4, 0.5) is 0 Å². The van der Waals surface area contributed by atoms with E-state index in [1.165, 1.54) is 44.9 Å². The summed E-state index contributed by atoms with van der Waals surface area (Å²) in [4.78, 5) is 0. The van der Waals surface area contributed by atoms with Gasteiger partial charge in [0.15, 0.2) is 0 Å². The number of nitrogens with one attached hydrogen (secondary N) is 1. The lowest BCUT2D eigenvalue weighted by atomic mass is 9.97. The molecule has 1 heterocycles. The zero-order valence-corrected chi connectivity index (χ0v) is 12.0. The molecule has 18 heavy (non-hydrogen) atoms. The van der Waals surface area contributed by atoms with Gasteiger partial charge in [0.05, 0.1) is 6.10 Å². The molecular weight excluding hydrogens is 222 g/mol. The van der Waals surface area contributed by atoms with Gasteiger partial charge in [-0.25, -0.2) is 0 Å². The van der Waals surface area contributed by atoms with Crippen molar-refractivity contribution in [1.82, 2.24) is 5.32 Å². The minimum Gasteiger partial charge on any atom is -0.376 e. The van der Waals surface area contributed by atoms with Gasteiger partial charge in [0.25, 0.3) is 0 Å². The predicted molar refractivity (Wildman–Crippen MR) is 74.6 cm³/mol. The molecule has 0 spiro atoms. The van der Waals surface area contributed by atoms with Crippen molar-refractivity contribution in [1.29, 1.82) is 0 Å². The van der Waals surface area contributed by atoms with Crippen LogP contribution >= 0.6 is 0 Å². The molecule has 3 unspecified atom stereocenters. The standard InChI is InChI=1S/C16H29NO/c1-11(2)3-8-14(12-4-5-12)17-15-9-10-18-16(15)13-6-7-13/h11-17H,3-10H2,1-2H3. The topological polar surface area (TPSA) is 21.3 Å². The Labute approximate surface area is 112 Å². The van der Waals surface area contributed by atoms with E-state index in [4.69, 9.17) is 4.74 Å². The van der Waals surface area contributed by atoms with Crippen molar-refractivity contribution in [2.45, 2.75) is 77.0 Å². The van der Waals surface area contributed by atoms with E-state index >= 15 is 0 Å². The zero-order valence-electron chi connectivity index (χ0n) is 12.0. The summed E-state index contributed by atoms with van der Waals surface area (Å²) in [5.41, 5.74) is 0. The largest absolute Gasteiger partial charge is 0.376 e. The van der Waals surface area contributed by atoms with Crippen molar-refractivity contribution >= 4 is 0 Å². The molecule has 1 N–H and O–H groups in total. The first kappa shape index (κ1) is 12.9. The quantitative estimate of drug-likeness (QED) is 0.749. The van der Waals surface area contributed by atoms with Gasteiger partial charge in [0.1, 0.15) is 0 Å². The lowest BCUT2D eigenvalue weighted by molar-refractivity contribution is 0.0777. The lowest BCUT2D eigenvalue weighted by Crippen LogP contribution is -2.45. The van der Waals surface area contributed by atoms with Gasteiger partial charge in [-0.15, -0.1) is 0 Å². The van der Waals surface area contributed by atoms with Crippen molar-refractivity contribution in [3.63, 3.8) is 0 Å². The highest BCUT2D eigenvalue weighted by atomic mass is 16.5. The van der Waals surface area contributed by atoms with Crippen LogP contribution in [0.15, 0.2) is 0 Å². The van der Waals surface area contributed by atoms with Crippen LogP contribution < -0.4 is 5.32 Å². The maximum atomic E-state index is 5.95. The molecule has 2 aliphatic carbocycles. The number of ether oxygens (including phenoxy) is 1. The van der Waals surface area contributed by atoms with Crippen molar-refractivity contribution in [3.8, 4) is 0 Å². The molecule has 0 aromatic rings. The molecule has 2 saturated carbocycles. The van der Waals surface area contributed by atoms with Gasteiger partial charge < -0.3 is 10.1 Å². The second-order valence-corrected chi connectivity index (χ2v) is 7.15. The van der Waals surface area contributed by atoms with Gasteiger partial charge >= 0.3 is 0 Å². The third-order valence-electron chi connectivity index (χ3n) is 4.90. The van der Waals surface area contributed by atoms with Crippen LogP contribution in [-0.4, -0.2) is 24.8 Å². The Balaban J connectivity index is 1.51. The fraction of sp³-hybridized carbons (Fsp3) is 1.00. The number of rotatable bonds is 7. The van der Waals surface area contributed by atoms with Gasteiger partial charge in [-0.05, 0) is 62.7 Å². The van der Waals surface area contributed by atoms with E-state index in [0.717, 1.165) is 30.4 Å². The highest BCUT2D eigenvalue weighted by molar-refractivity contribution is 4.97. The number of hydrogen-bond acceptors (Lipinski definition) is 2. The second-order valence-electron chi connectivity index (χ2n) is 7.15. The Bertz CT molecular complexity index is 270. The molecule has 0 amide bonds. The molecule has 0 radical (unpaired) electrons. The Morgan fingerprint density at radius 3 is 2.44 bits per heavy atom. The van der Waals surface area contributed by atoms with Crippen LogP contribution in [0.25, 0.3) is 0 Å². The van der Waals surface area contributed by atoms with Gasteiger partial charge in [0, 0.05) is 18.7 Å². The van der Waals surface area contributed by atoms with Crippen LogP contribution in [0.3, 0.4) is 0 Å². The van der Waals surface area contributed by atoms with Crippen molar-refractivity contribution in [3.05, 3.63) is 0 Å². The molecule has 2 heteroatoms. The van der Waals surface area contributed by atoms with Crippen LogP contribution in [-0.2, 0) is 4.74 Å². The Kier molecular flexibility index (Phi) is 3.95. The molecule has 1 aliphatic heterocycles. The molecule has 0 aromatic heterocycles. The average Bonchev–Trinajstić information content (AvgIpc) is 3.23. The molecule has 1 saturated heterocycles. The van der Waals surface area contributed by atoms with E-state index in [1.807, 2.05) is 0 Å². The first-order valence-electron chi connectivity index (χ1n) is 8.11. The smallest absolute Gasteiger partial charge is 0.0757 e. The maximum absolute atomic E-state index is 5.95. The van der Waals surface area contributed by atoms with E-state index in [2.05, 4.69) is 19.2 Å². The molecular formula is C16H29NO. The fourth-order valence-corrected chi connectivity index (χ4v) is 3.42. The van der Waals surface area contributed by atoms with Crippen molar-refractivity contribution < 1.29 is 4.74 Å². The van der Waals surface area contributed by atoms with Crippen LogP contribution in [0, 0.1) is 17.8 Å². The first-order chi connectivity index (χ1) is 8.74. The molecule has 0 aromatic carbocycles. The Morgan fingerprint density at radius 2 is 1.83 bits per heavy atom. The van der Waals surface area contributed by atoms with Crippen LogP contribution in [0.2, 0.25) is 0 Å². The minimum atomic E-state index is 0.547. The average molecular weight is 251 g/mol. The summed E-state index contributed by atoms with van der Waals surface area (Å²) < 4.78 is 5.95. The highest BCUT2D eigenvalue weighted by Crippen LogP contribution is 2.40. The molecule has 104 valence electrons. The number of hydrogen-bond donors (Lipinski definition) is 1. The molecule has 3 rings (SSSR count). The van der Waals surface area contributed by atoms with Crippen molar-refractivity contribution in [2.75, 3.05) is 6.61 Å². The van der Waals surface area contributed by atoms with Gasteiger partial charge in [0.2, 0.25) is 0 Å². The third-order valence-corrected chi connectivity index (χ3v) is 4.90. The molecule has 3 aliphatic rings. The van der Waals surface area contributed by atoms with Crippen LogP contribution in [0.1, 0.15) is 58.8 Å². The Morgan fingerprint density at radius 1 is 1.06 bits per heavy atom. The fourth-order valence-electron chi connectivity index (χ4n) is 3.42. The molecule has 0 bridgehead atoms. The van der Waals surface area contributed by atoms with E-state index in [1.54, 1.807) is 0 Å². The minimum absolute atomic E-state index is 0.547. The van der Waals surface area contributed by atoms with Gasteiger partial charge in [-0.1, -0.05) is 13.8 Å². The van der Waals surface area contributed by atoms with Gasteiger partial charge in [-0.2, -0.15) is 0 Å². The van der Waals surface area contributed by atoms with E-state index < -0.39 is 0 Å². The van der Waals surface area contributed by atoms with Crippen LogP contribution in [0.5, 0.6) is 0 Å². The SMILES string of the molecule is CC(C)CCC(NC1CCOC1C1CC1)C1CC1. The summed E-state index contributed by atoms with van der Waals surface area (Å²) in [6.07, 6.45) is 10.3. The predicted octanol–water partition coefficient (Wildman–Crippen LogP) is 3.36. The van der Waals surface area contributed by atoms with E-state index in [-0.39, 0.29) is 0 Å². The lowest BCUT2D eigenvalue weighted by Gasteiger charge is -2.27. The zero-order chi connectivity index (χ0) is 12.5. The summed E-state index contributed by atoms with van der Waals surface area (Å²) in [6, 6.07) is 1.44. The summed E-state index contributed by atoms with van der Waals surface area (Å²) in [5, 5.41) is 3.98. The van der Waals surface area contributed by atoms with E-state index in [0.29, 0.717) is 12.1 Å². The summed E-state index contributed by atoms with van der Waals surface area (Å²) in [7, 11) is 0. The van der Waals surface area contributed by atoms with E-state index in [9.17, 15) is 0 Å². The Hall–Kier alpha value is -0.0800. The highest BCUT2D eigenvalue weighted by Gasteiger charge is 2.42. The molecule has 2 nitrogen and oxygen atoms in total. The first-order valence-corrected chi connectivity index (χ1v) is 8.11. The van der Waals surface area contributed by atoms with Crippen molar-refractivity contribution in [2.24, 2.45) is 17.8 Å². The third kappa shape index (κ3) is 3.27.